The van der Waals surface area contributed by atoms with E-state index in [4.69, 9.17) is 0 Å². The van der Waals surface area contributed by atoms with E-state index in [0.29, 0.717) is 5.75 Å². The van der Waals surface area contributed by atoms with Crippen molar-refractivity contribution in [2.45, 2.75) is 31.8 Å². The van der Waals surface area contributed by atoms with E-state index >= 15 is 0 Å². The molecule has 2 nitrogen and oxygen atoms in total. The molecule has 0 amide bonds. The Morgan fingerprint density at radius 1 is 1.33 bits per heavy atom. The van der Waals surface area contributed by atoms with E-state index in [1.807, 2.05) is 12.1 Å². The first-order valence-corrected chi connectivity index (χ1v) is 5.83. The summed E-state index contributed by atoms with van der Waals surface area (Å²) >= 11 is 0. The molecule has 15 heavy (non-hydrogen) atoms. The zero-order chi connectivity index (χ0) is 10.3. The second-order valence-corrected chi connectivity index (χ2v) is 4.93. The van der Waals surface area contributed by atoms with Gasteiger partial charge in [0.1, 0.15) is 5.75 Å². The van der Waals surface area contributed by atoms with Crippen molar-refractivity contribution in [1.29, 1.82) is 0 Å². The predicted octanol–water partition coefficient (Wildman–Crippen LogP) is 2.38. The van der Waals surface area contributed by atoms with Gasteiger partial charge < -0.3 is 5.11 Å². The minimum Gasteiger partial charge on any atom is -0.508 e. The average molecular weight is 203 g/mol. The molecular weight excluding hydrogens is 186 g/mol. The maximum atomic E-state index is 9.40. The molecule has 1 saturated carbocycles. The highest BCUT2D eigenvalue weighted by Gasteiger charge is 2.37. The Labute approximate surface area is 90.5 Å². The molecule has 0 spiro atoms. The fourth-order valence-electron chi connectivity index (χ4n) is 3.11. The summed E-state index contributed by atoms with van der Waals surface area (Å²) in [5.74, 6) is 1.34. The summed E-state index contributed by atoms with van der Waals surface area (Å²) in [5.41, 5.74) is 1.24. The van der Waals surface area contributed by atoms with Crippen molar-refractivity contribution in [1.82, 2.24) is 4.90 Å². The van der Waals surface area contributed by atoms with E-state index in [9.17, 15) is 5.11 Å². The lowest BCUT2D eigenvalue weighted by Crippen LogP contribution is -2.31. The molecule has 3 rings (SSSR count). The van der Waals surface area contributed by atoms with Crippen LogP contribution < -0.4 is 0 Å². The number of benzene rings is 1. The molecule has 2 bridgehead atoms. The summed E-state index contributed by atoms with van der Waals surface area (Å²) in [6, 6.07) is 8.47. The van der Waals surface area contributed by atoms with Crippen LogP contribution in [0.3, 0.4) is 0 Å². The first-order chi connectivity index (χ1) is 7.31. The highest BCUT2D eigenvalue weighted by molar-refractivity contribution is 5.27. The normalized spacial score (nSPS) is 29.9. The summed E-state index contributed by atoms with van der Waals surface area (Å²) in [7, 11) is 0. The Bertz CT molecular complexity index is 363. The van der Waals surface area contributed by atoms with Crippen LogP contribution in [0.15, 0.2) is 24.3 Å². The number of aromatic hydroxyl groups is 1. The van der Waals surface area contributed by atoms with Crippen LogP contribution in [-0.2, 0) is 6.54 Å². The Morgan fingerprint density at radius 3 is 2.93 bits per heavy atom. The van der Waals surface area contributed by atoms with Crippen molar-refractivity contribution in [2.24, 2.45) is 5.92 Å². The van der Waals surface area contributed by atoms with Crippen LogP contribution in [0.1, 0.15) is 24.8 Å². The Kier molecular flexibility index (Phi) is 2.17. The van der Waals surface area contributed by atoms with Crippen molar-refractivity contribution in [2.75, 3.05) is 6.54 Å². The van der Waals surface area contributed by atoms with E-state index < -0.39 is 0 Å². The van der Waals surface area contributed by atoms with Crippen LogP contribution in [0, 0.1) is 5.92 Å². The van der Waals surface area contributed by atoms with Gasteiger partial charge in [-0.15, -0.1) is 0 Å². The molecular formula is C13H17NO. The van der Waals surface area contributed by atoms with Gasteiger partial charge >= 0.3 is 0 Å². The van der Waals surface area contributed by atoms with Crippen LogP contribution in [-0.4, -0.2) is 22.6 Å². The molecule has 0 radical (unpaired) electrons. The third-order valence-corrected chi connectivity index (χ3v) is 3.82. The number of fused-ring (bicyclic) bond motifs is 2. The maximum Gasteiger partial charge on any atom is 0.115 e. The fraction of sp³-hybridized carbons (Fsp3) is 0.538. The first-order valence-electron chi connectivity index (χ1n) is 5.83. The zero-order valence-corrected chi connectivity index (χ0v) is 8.89. The quantitative estimate of drug-likeness (QED) is 0.797. The third-order valence-electron chi connectivity index (χ3n) is 3.82. The van der Waals surface area contributed by atoms with E-state index in [0.717, 1.165) is 18.5 Å². The lowest BCUT2D eigenvalue weighted by atomic mass is 10.1. The lowest BCUT2D eigenvalue weighted by molar-refractivity contribution is 0.205. The van der Waals surface area contributed by atoms with Gasteiger partial charge in [0.25, 0.3) is 0 Å². The van der Waals surface area contributed by atoms with Gasteiger partial charge in [-0.2, -0.15) is 0 Å². The van der Waals surface area contributed by atoms with E-state index in [-0.39, 0.29) is 0 Å². The Balaban J connectivity index is 1.71. The molecule has 1 saturated heterocycles. The molecule has 1 aromatic carbocycles. The van der Waals surface area contributed by atoms with Crippen molar-refractivity contribution in [3.63, 3.8) is 0 Å². The molecule has 1 heterocycles. The summed E-state index contributed by atoms with van der Waals surface area (Å²) < 4.78 is 0. The molecule has 1 aliphatic carbocycles. The van der Waals surface area contributed by atoms with Gasteiger partial charge in [-0.25, -0.2) is 0 Å². The number of likely N-dealkylation sites (tertiary alicyclic amines) is 1. The largest absolute Gasteiger partial charge is 0.508 e. The fourth-order valence-corrected chi connectivity index (χ4v) is 3.11. The minimum atomic E-state index is 0.386. The van der Waals surface area contributed by atoms with Crippen molar-refractivity contribution in [3.8, 4) is 5.75 Å². The van der Waals surface area contributed by atoms with Crippen molar-refractivity contribution < 1.29 is 5.11 Å². The number of hydrogen-bond donors (Lipinski definition) is 1. The minimum absolute atomic E-state index is 0.386. The zero-order valence-electron chi connectivity index (χ0n) is 8.89. The van der Waals surface area contributed by atoms with Gasteiger partial charge in [0, 0.05) is 19.1 Å². The third kappa shape index (κ3) is 1.74. The van der Waals surface area contributed by atoms with Gasteiger partial charge in [-0.1, -0.05) is 12.1 Å². The highest BCUT2D eigenvalue weighted by atomic mass is 16.3. The van der Waals surface area contributed by atoms with Crippen LogP contribution in [0.5, 0.6) is 5.75 Å². The molecule has 0 aromatic heterocycles. The molecule has 2 unspecified atom stereocenters. The second kappa shape index (κ2) is 3.53. The smallest absolute Gasteiger partial charge is 0.115 e. The SMILES string of the molecule is Oc1cccc(CN2CC3CCC2C3)c1. The molecule has 2 atom stereocenters. The lowest BCUT2D eigenvalue weighted by Gasteiger charge is -2.26. The molecule has 1 aromatic rings. The van der Waals surface area contributed by atoms with E-state index in [1.165, 1.54) is 31.4 Å². The number of phenolic OH excluding ortho intramolecular Hbond substituents is 1. The number of rotatable bonds is 2. The summed E-state index contributed by atoms with van der Waals surface area (Å²) in [4.78, 5) is 2.57. The van der Waals surface area contributed by atoms with Gasteiger partial charge in [-0.05, 0) is 42.9 Å². The standard InChI is InChI=1S/C13H17NO/c15-13-3-1-2-10(7-13)8-14-9-11-4-5-12(14)6-11/h1-3,7,11-12,15H,4-6,8-9H2. The van der Waals surface area contributed by atoms with Crippen molar-refractivity contribution >= 4 is 0 Å². The number of piperidine rings is 1. The molecule has 1 N–H and O–H groups in total. The highest BCUT2D eigenvalue weighted by Crippen LogP contribution is 2.38. The van der Waals surface area contributed by atoms with E-state index in [1.54, 1.807) is 6.07 Å². The average Bonchev–Trinajstić information content (AvgIpc) is 2.79. The van der Waals surface area contributed by atoms with Crippen LogP contribution in [0.4, 0.5) is 0 Å². The van der Waals surface area contributed by atoms with E-state index in [2.05, 4.69) is 11.0 Å². The molecule has 2 heteroatoms. The summed E-state index contributed by atoms with van der Waals surface area (Å²) in [5, 5.41) is 9.40. The number of nitrogens with zero attached hydrogens (tertiary/aromatic N) is 1. The monoisotopic (exact) mass is 203 g/mol. The number of phenols is 1. The Hall–Kier alpha value is -1.02. The maximum absolute atomic E-state index is 9.40. The van der Waals surface area contributed by atoms with Crippen LogP contribution in [0.25, 0.3) is 0 Å². The van der Waals surface area contributed by atoms with Gasteiger partial charge in [0.05, 0.1) is 0 Å². The summed E-state index contributed by atoms with van der Waals surface area (Å²) in [6.07, 6.45) is 4.21. The summed E-state index contributed by atoms with van der Waals surface area (Å²) in [6.45, 7) is 2.27. The van der Waals surface area contributed by atoms with Gasteiger partial charge in [0.15, 0.2) is 0 Å². The second-order valence-electron chi connectivity index (χ2n) is 4.93. The molecule has 80 valence electrons. The van der Waals surface area contributed by atoms with Crippen LogP contribution in [0.2, 0.25) is 0 Å². The predicted molar refractivity (Wildman–Crippen MR) is 59.6 cm³/mol. The molecule has 1 aliphatic heterocycles. The first kappa shape index (κ1) is 9.22. The van der Waals surface area contributed by atoms with Gasteiger partial charge in [-0.3, -0.25) is 4.90 Å². The van der Waals surface area contributed by atoms with Crippen LogP contribution >= 0.6 is 0 Å². The van der Waals surface area contributed by atoms with Crippen molar-refractivity contribution in [3.05, 3.63) is 29.8 Å². The number of hydrogen-bond acceptors (Lipinski definition) is 2. The van der Waals surface area contributed by atoms with Gasteiger partial charge in [0.2, 0.25) is 0 Å². The molecule has 2 aliphatic rings. The molecule has 2 fully saturated rings. The Morgan fingerprint density at radius 2 is 2.27 bits per heavy atom. The topological polar surface area (TPSA) is 23.5 Å².